The van der Waals surface area contributed by atoms with Crippen molar-refractivity contribution >= 4 is 40.8 Å². The first-order chi connectivity index (χ1) is 9.90. The van der Waals surface area contributed by atoms with E-state index in [0.29, 0.717) is 32.8 Å². The average molecular weight is 328 g/mol. The van der Waals surface area contributed by atoms with Crippen molar-refractivity contribution in [2.45, 2.75) is 13.8 Å². The molecule has 2 rings (SSSR count). The van der Waals surface area contributed by atoms with E-state index in [1.54, 1.807) is 25.1 Å². The Morgan fingerprint density at radius 3 is 2.43 bits per heavy atom. The van der Waals surface area contributed by atoms with Crippen molar-refractivity contribution in [3.05, 3.63) is 34.0 Å². The maximum Gasteiger partial charge on any atom is 0.326 e. The summed E-state index contributed by atoms with van der Waals surface area (Å²) in [7, 11) is 0. The van der Waals surface area contributed by atoms with E-state index in [-0.39, 0.29) is 0 Å². The molecule has 21 heavy (non-hydrogen) atoms. The molecule has 110 valence electrons. The predicted octanol–water partition coefficient (Wildman–Crippen LogP) is 3.62. The summed E-state index contributed by atoms with van der Waals surface area (Å²) in [5, 5.41) is 9.19. The molecular weight excluding hydrogens is 317 g/mol. The van der Waals surface area contributed by atoms with Crippen molar-refractivity contribution < 1.29 is 14.1 Å². The second kappa shape index (κ2) is 6.15. The molecule has 0 unspecified atom stereocenters. The van der Waals surface area contributed by atoms with Gasteiger partial charge in [0.25, 0.3) is 0 Å². The SMILES string of the molecule is CC(=O)NC(=O)Nc1c(-c2c(Cl)cccc2Cl)noc1C. The topological polar surface area (TPSA) is 84.2 Å². The molecule has 1 aromatic carbocycles. The molecule has 2 N–H and O–H groups in total. The van der Waals surface area contributed by atoms with Crippen LogP contribution < -0.4 is 10.6 Å². The smallest absolute Gasteiger partial charge is 0.326 e. The Morgan fingerprint density at radius 1 is 1.24 bits per heavy atom. The maximum atomic E-state index is 11.6. The molecule has 0 atom stereocenters. The van der Waals surface area contributed by atoms with E-state index >= 15 is 0 Å². The summed E-state index contributed by atoms with van der Waals surface area (Å²) in [5.41, 5.74) is 1.03. The minimum Gasteiger partial charge on any atom is -0.359 e. The number of hydrogen-bond donors (Lipinski definition) is 2. The molecule has 0 fully saturated rings. The lowest BCUT2D eigenvalue weighted by atomic mass is 10.1. The van der Waals surface area contributed by atoms with E-state index in [1.807, 2.05) is 0 Å². The number of nitrogens with zero attached hydrogens (tertiary/aromatic N) is 1. The van der Waals surface area contributed by atoms with Gasteiger partial charge in [0, 0.05) is 12.5 Å². The lowest BCUT2D eigenvalue weighted by Gasteiger charge is -2.08. The van der Waals surface area contributed by atoms with Crippen LogP contribution in [0.4, 0.5) is 10.5 Å². The largest absolute Gasteiger partial charge is 0.359 e. The van der Waals surface area contributed by atoms with Crippen LogP contribution in [-0.4, -0.2) is 17.1 Å². The third-order valence-corrected chi connectivity index (χ3v) is 3.22. The fraction of sp³-hybridized carbons (Fsp3) is 0.154. The molecule has 0 saturated heterocycles. The van der Waals surface area contributed by atoms with Gasteiger partial charge in [0.05, 0.1) is 10.0 Å². The summed E-state index contributed by atoms with van der Waals surface area (Å²) < 4.78 is 5.07. The van der Waals surface area contributed by atoms with Crippen molar-refractivity contribution in [3.8, 4) is 11.3 Å². The van der Waals surface area contributed by atoms with Crippen LogP contribution in [0, 0.1) is 6.92 Å². The van der Waals surface area contributed by atoms with Crippen molar-refractivity contribution in [2.75, 3.05) is 5.32 Å². The number of benzene rings is 1. The van der Waals surface area contributed by atoms with Crippen LogP contribution in [0.25, 0.3) is 11.3 Å². The van der Waals surface area contributed by atoms with Gasteiger partial charge in [-0.25, -0.2) is 4.79 Å². The molecule has 3 amide bonds. The molecule has 2 aromatic rings. The zero-order valence-electron chi connectivity index (χ0n) is 11.2. The zero-order chi connectivity index (χ0) is 15.6. The molecular formula is C13H11Cl2N3O3. The number of aryl methyl sites for hydroxylation is 1. The zero-order valence-corrected chi connectivity index (χ0v) is 12.7. The molecule has 0 aliphatic carbocycles. The highest BCUT2D eigenvalue weighted by molar-refractivity contribution is 6.39. The number of imide groups is 1. The summed E-state index contributed by atoms with van der Waals surface area (Å²) >= 11 is 12.2. The van der Waals surface area contributed by atoms with E-state index in [9.17, 15) is 9.59 Å². The van der Waals surface area contributed by atoms with Crippen LogP contribution in [-0.2, 0) is 4.79 Å². The average Bonchev–Trinajstić information content (AvgIpc) is 2.70. The highest BCUT2D eigenvalue weighted by atomic mass is 35.5. The molecule has 0 aliphatic rings. The van der Waals surface area contributed by atoms with E-state index < -0.39 is 11.9 Å². The minimum atomic E-state index is -0.696. The number of urea groups is 1. The molecule has 1 aromatic heterocycles. The highest BCUT2D eigenvalue weighted by Crippen LogP contribution is 2.39. The third kappa shape index (κ3) is 3.34. The fourth-order valence-electron chi connectivity index (χ4n) is 1.72. The molecule has 8 heteroatoms. The first-order valence-electron chi connectivity index (χ1n) is 5.89. The molecule has 0 radical (unpaired) electrons. The van der Waals surface area contributed by atoms with E-state index in [4.69, 9.17) is 27.7 Å². The van der Waals surface area contributed by atoms with Crippen molar-refractivity contribution in [1.29, 1.82) is 0 Å². The summed E-state index contributed by atoms with van der Waals surface area (Å²) in [6.45, 7) is 2.84. The van der Waals surface area contributed by atoms with Crippen molar-refractivity contribution in [2.24, 2.45) is 0 Å². The summed E-state index contributed by atoms with van der Waals surface area (Å²) in [4.78, 5) is 22.5. The first kappa shape index (κ1) is 15.3. The summed E-state index contributed by atoms with van der Waals surface area (Å²) in [5.74, 6) is -0.126. The maximum absolute atomic E-state index is 11.6. The van der Waals surface area contributed by atoms with Gasteiger partial charge >= 0.3 is 6.03 Å². The summed E-state index contributed by atoms with van der Waals surface area (Å²) in [6.07, 6.45) is 0. The monoisotopic (exact) mass is 327 g/mol. The van der Waals surface area contributed by atoms with Gasteiger partial charge in [-0.3, -0.25) is 10.1 Å². The van der Waals surface area contributed by atoms with Gasteiger partial charge in [-0.1, -0.05) is 34.4 Å². The Kier molecular flexibility index (Phi) is 4.50. The third-order valence-electron chi connectivity index (χ3n) is 2.59. The normalized spacial score (nSPS) is 10.3. The number of nitrogens with one attached hydrogen (secondary N) is 2. The molecule has 6 nitrogen and oxygen atoms in total. The molecule has 0 aliphatic heterocycles. The molecule has 0 bridgehead atoms. The lowest BCUT2D eigenvalue weighted by molar-refractivity contribution is -0.117. The lowest BCUT2D eigenvalue weighted by Crippen LogP contribution is -2.32. The number of anilines is 1. The highest BCUT2D eigenvalue weighted by Gasteiger charge is 2.21. The second-order valence-corrected chi connectivity index (χ2v) is 5.01. The number of carbonyl (C=O) groups is 2. The van der Waals surface area contributed by atoms with E-state index in [2.05, 4.69) is 15.8 Å². The standard InChI is InChI=1S/C13H11Cl2N3O3/c1-6-11(17-13(20)16-7(2)19)12(18-21-6)10-8(14)4-3-5-9(10)15/h3-5H,1-2H3,(H2,16,17,19,20). The van der Waals surface area contributed by atoms with Gasteiger partial charge in [0.1, 0.15) is 11.4 Å². The Morgan fingerprint density at radius 2 is 1.86 bits per heavy atom. The van der Waals surface area contributed by atoms with Crippen LogP contribution in [0.5, 0.6) is 0 Å². The Bertz CT molecular complexity index is 692. The van der Waals surface area contributed by atoms with Crippen LogP contribution >= 0.6 is 23.2 Å². The second-order valence-electron chi connectivity index (χ2n) is 4.19. The number of rotatable bonds is 2. The van der Waals surface area contributed by atoms with Crippen LogP contribution in [0.3, 0.4) is 0 Å². The Hall–Kier alpha value is -2.05. The minimum absolute atomic E-state index is 0.293. The van der Waals surface area contributed by atoms with Gasteiger partial charge < -0.3 is 9.84 Å². The molecule has 1 heterocycles. The van der Waals surface area contributed by atoms with Gasteiger partial charge in [0.15, 0.2) is 5.76 Å². The van der Waals surface area contributed by atoms with Crippen LogP contribution in [0.1, 0.15) is 12.7 Å². The summed E-state index contributed by atoms with van der Waals surface area (Å²) in [6, 6.07) is 4.29. The van der Waals surface area contributed by atoms with Crippen molar-refractivity contribution in [1.82, 2.24) is 10.5 Å². The number of halogens is 2. The van der Waals surface area contributed by atoms with Gasteiger partial charge in [0.2, 0.25) is 5.91 Å². The molecule has 0 saturated carbocycles. The van der Waals surface area contributed by atoms with Crippen LogP contribution in [0.2, 0.25) is 10.0 Å². The van der Waals surface area contributed by atoms with Gasteiger partial charge in [-0.2, -0.15) is 0 Å². The number of aromatic nitrogens is 1. The van der Waals surface area contributed by atoms with Gasteiger partial charge in [-0.05, 0) is 19.1 Å². The number of amides is 3. The van der Waals surface area contributed by atoms with Crippen molar-refractivity contribution in [3.63, 3.8) is 0 Å². The predicted molar refractivity (Wildman–Crippen MR) is 79.5 cm³/mol. The van der Waals surface area contributed by atoms with E-state index in [1.165, 1.54) is 6.92 Å². The van der Waals surface area contributed by atoms with E-state index in [0.717, 1.165) is 0 Å². The number of carbonyl (C=O) groups excluding carboxylic acids is 2. The van der Waals surface area contributed by atoms with Gasteiger partial charge in [-0.15, -0.1) is 0 Å². The molecule has 0 spiro atoms. The van der Waals surface area contributed by atoms with Crippen LogP contribution in [0.15, 0.2) is 22.7 Å². The Labute approximate surface area is 130 Å². The quantitative estimate of drug-likeness (QED) is 0.882. The number of hydrogen-bond acceptors (Lipinski definition) is 4. The Balaban J connectivity index is 2.43. The first-order valence-corrected chi connectivity index (χ1v) is 6.65. The fourth-order valence-corrected chi connectivity index (χ4v) is 2.30.